The molecule has 34 heavy (non-hydrogen) atoms. The summed E-state index contributed by atoms with van der Waals surface area (Å²) in [6.45, 7) is 0.109. The van der Waals surface area contributed by atoms with E-state index in [1.807, 2.05) is 0 Å². The molecule has 7 nitrogen and oxygen atoms in total. The van der Waals surface area contributed by atoms with E-state index in [2.05, 4.69) is 0 Å². The lowest BCUT2D eigenvalue weighted by Crippen LogP contribution is -2.18. The first-order valence-corrected chi connectivity index (χ1v) is 11.9. The van der Waals surface area contributed by atoms with Gasteiger partial charge in [-0.05, 0) is 54.8 Å². The average molecular weight is 495 g/mol. The highest BCUT2D eigenvalue weighted by Crippen LogP contribution is 2.34. The minimum atomic E-state index is -4.58. The lowest BCUT2D eigenvalue weighted by atomic mass is 10.1. The van der Waals surface area contributed by atoms with Gasteiger partial charge in [-0.2, -0.15) is 13.2 Å². The number of aliphatic carboxylic acids is 1. The van der Waals surface area contributed by atoms with Gasteiger partial charge in [-0.3, -0.25) is 4.79 Å². The van der Waals surface area contributed by atoms with Crippen LogP contribution in [0.3, 0.4) is 0 Å². The summed E-state index contributed by atoms with van der Waals surface area (Å²) in [5, 5.41) is 9.01. The molecule has 4 rings (SSSR count). The Morgan fingerprint density at radius 3 is 2.59 bits per heavy atom. The molecule has 1 aliphatic rings. The van der Waals surface area contributed by atoms with Crippen LogP contribution in [0.5, 0.6) is 11.5 Å². The number of carboxylic acids is 1. The molecular formula is C23H20F3NO6S. The maximum Gasteiger partial charge on any atom is 0.416 e. The van der Waals surface area contributed by atoms with Crippen LogP contribution < -0.4 is 9.47 Å². The highest BCUT2D eigenvalue weighted by Gasteiger charge is 2.31. The van der Waals surface area contributed by atoms with Crippen molar-refractivity contribution < 1.29 is 41.0 Å². The normalized spacial score (nSPS) is 13.7. The molecule has 0 atom stereocenters. The van der Waals surface area contributed by atoms with E-state index in [0.29, 0.717) is 17.1 Å². The predicted octanol–water partition coefficient (Wildman–Crippen LogP) is 4.69. The van der Waals surface area contributed by atoms with E-state index in [-0.39, 0.29) is 42.7 Å². The Morgan fingerprint density at radius 2 is 1.85 bits per heavy atom. The molecule has 0 saturated heterocycles. The van der Waals surface area contributed by atoms with Crippen LogP contribution in [-0.4, -0.2) is 36.0 Å². The van der Waals surface area contributed by atoms with E-state index in [1.165, 1.54) is 12.1 Å². The summed E-state index contributed by atoms with van der Waals surface area (Å²) in [4.78, 5) is 10.9. The molecule has 0 saturated carbocycles. The molecular weight excluding hydrogens is 475 g/mol. The van der Waals surface area contributed by atoms with Crippen molar-refractivity contribution in [1.29, 1.82) is 0 Å². The third-order valence-corrected chi connectivity index (χ3v) is 6.87. The number of aryl methyl sites for hydroxylation is 1. The third-order valence-electron chi connectivity index (χ3n) is 5.27. The smallest absolute Gasteiger partial charge is 0.416 e. The zero-order valence-corrected chi connectivity index (χ0v) is 18.5. The van der Waals surface area contributed by atoms with Crippen LogP contribution in [0.25, 0.3) is 17.0 Å². The van der Waals surface area contributed by atoms with Crippen molar-refractivity contribution in [2.45, 2.75) is 25.4 Å². The standard InChI is InChI=1S/C23H20F3NO6S/c24-23(25,26)17-7-8-19-16(12-17)13-18(4-1-5-22(28)29)27(19)34(30,31)10-2-3-15-6-9-20-21(11-15)33-14-32-20/h2-3,6-9,11-13H,1,4-5,10,14H2,(H,28,29). The fourth-order valence-corrected chi connectivity index (χ4v) is 5.20. The van der Waals surface area contributed by atoms with E-state index in [1.54, 1.807) is 24.3 Å². The van der Waals surface area contributed by atoms with Gasteiger partial charge in [0.15, 0.2) is 11.5 Å². The molecule has 11 heteroatoms. The summed E-state index contributed by atoms with van der Waals surface area (Å²) in [7, 11) is -4.01. The molecule has 2 heterocycles. The van der Waals surface area contributed by atoms with Gasteiger partial charge in [-0.1, -0.05) is 18.2 Å². The monoisotopic (exact) mass is 495 g/mol. The molecule has 0 fully saturated rings. The first-order valence-electron chi connectivity index (χ1n) is 10.3. The number of hydrogen-bond acceptors (Lipinski definition) is 5. The van der Waals surface area contributed by atoms with Crippen LogP contribution >= 0.6 is 0 Å². The highest BCUT2D eigenvalue weighted by molar-refractivity contribution is 7.90. The summed E-state index contributed by atoms with van der Waals surface area (Å²) >= 11 is 0. The predicted molar refractivity (Wildman–Crippen MR) is 118 cm³/mol. The fourth-order valence-electron chi connectivity index (χ4n) is 3.74. The quantitative estimate of drug-likeness (QED) is 0.487. The van der Waals surface area contributed by atoms with Gasteiger partial charge in [0.25, 0.3) is 0 Å². The Hall–Kier alpha value is -3.47. The van der Waals surface area contributed by atoms with Crippen LogP contribution in [0.4, 0.5) is 13.2 Å². The number of nitrogens with zero attached hydrogens (tertiary/aromatic N) is 1. The van der Waals surface area contributed by atoms with Gasteiger partial charge in [0.1, 0.15) is 0 Å². The fraction of sp³-hybridized carbons (Fsp3) is 0.261. The minimum Gasteiger partial charge on any atom is -0.481 e. The molecule has 0 spiro atoms. The lowest BCUT2D eigenvalue weighted by Gasteiger charge is -2.11. The molecule has 3 aromatic rings. The Balaban J connectivity index is 1.65. The van der Waals surface area contributed by atoms with Gasteiger partial charge in [0, 0.05) is 17.5 Å². The topological polar surface area (TPSA) is 94.8 Å². The van der Waals surface area contributed by atoms with Crippen molar-refractivity contribution in [3.8, 4) is 11.5 Å². The molecule has 180 valence electrons. The molecule has 0 unspecified atom stereocenters. The Morgan fingerprint density at radius 1 is 1.09 bits per heavy atom. The number of aromatic nitrogens is 1. The second kappa shape index (κ2) is 9.05. The molecule has 1 aliphatic heterocycles. The number of hydrogen-bond donors (Lipinski definition) is 1. The molecule has 1 N–H and O–H groups in total. The second-order valence-electron chi connectivity index (χ2n) is 7.71. The number of alkyl halides is 3. The van der Waals surface area contributed by atoms with Crippen LogP contribution in [-0.2, 0) is 27.4 Å². The molecule has 1 aromatic heterocycles. The summed E-state index contributed by atoms with van der Waals surface area (Å²) in [6, 6.07) is 9.35. The number of ether oxygens (including phenoxy) is 2. The maximum absolute atomic E-state index is 13.2. The van der Waals surface area contributed by atoms with Crippen LogP contribution in [0.1, 0.15) is 29.7 Å². The van der Waals surface area contributed by atoms with Crippen molar-refractivity contribution in [3.05, 3.63) is 65.4 Å². The minimum absolute atomic E-state index is 0.0768. The van der Waals surface area contributed by atoms with Gasteiger partial charge in [-0.15, -0.1) is 0 Å². The number of fused-ring (bicyclic) bond motifs is 2. The van der Waals surface area contributed by atoms with E-state index in [4.69, 9.17) is 14.6 Å². The van der Waals surface area contributed by atoms with Gasteiger partial charge in [-0.25, -0.2) is 12.4 Å². The molecule has 0 radical (unpaired) electrons. The van der Waals surface area contributed by atoms with Crippen LogP contribution in [0.2, 0.25) is 0 Å². The second-order valence-corrected chi connectivity index (χ2v) is 9.57. The maximum atomic E-state index is 13.2. The van der Waals surface area contributed by atoms with Crippen molar-refractivity contribution in [1.82, 2.24) is 3.97 Å². The number of rotatable bonds is 8. The van der Waals surface area contributed by atoms with Gasteiger partial charge in [0.05, 0.1) is 16.8 Å². The van der Waals surface area contributed by atoms with Crippen molar-refractivity contribution in [2.75, 3.05) is 12.5 Å². The summed E-state index contributed by atoms with van der Waals surface area (Å²) in [6.07, 6.45) is -1.53. The highest BCUT2D eigenvalue weighted by atomic mass is 32.2. The summed E-state index contributed by atoms with van der Waals surface area (Å²) < 4.78 is 77.4. The third kappa shape index (κ3) is 5.04. The molecule has 2 aromatic carbocycles. The largest absolute Gasteiger partial charge is 0.481 e. The number of benzene rings is 2. The molecule has 0 bridgehead atoms. The Kier molecular flexibility index (Phi) is 6.30. The summed E-state index contributed by atoms with van der Waals surface area (Å²) in [5.41, 5.74) is 0.129. The number of carboxylic acid groups (broad SMARTS) is 1. The van der Waals surface area contributed by atoms with Crippen LogP contribution in [0.15, 0.2) is 48.5 Å². The van der Waals surface area contributed by atoms with Crippen molar-refractivity contribution >= 4 is 33.0 Å². The molecule has 0 amide bonds. The van der Waals surface area contributed by atoms with E-state index >= 15 is 0 Å². The van der Waals surface area contributed by atoms with Gasteiger partial charge in [0.2, 0.25) is 16.8 Å². The lowest BCUT2D eigenvalue weighted by molar-refractivity contribution is -0.138. The Bertz CT molecular complexity index is 1380. The first-order chi connectivity index (χ1) is 16.0. The van der Waals surface area contributed by atoms with Gasteiger partial charge >= 0.3 is 12.1 Å². The summed E-state index contributed by atoms with van der Waals surface area (Å²) in [5.74, 6) is -0.329. The Labute approximate surface area is 193 Å². The molecule has 0 aliphatic carbocycles. The zero-order chi connectivity index (χ0) is 24.5. The van der Waals surface area contributed by atoms with E-state index in [0.717, 1.165) is 22.2 Å². The van der Waals surface area contributed by atoms with E-state index < -0.39 is 33.5 Å². The van der Waals surface area contributed by atoms with Crippen molar-refractivity contribution in [2.24, 2.45) is 0 Å². The van der Waals surface area contributed by atoms with Crippen molar-refractivity contribution in [3.63, 3.8) is 0 Å². The zero-order valence-electron chi connectivity index (χ0n) is 17.7. The SMILES string of the molecule is O=C(O)CCCc1cc2cc(C(F)(F)F)ccc2n1S(=O)(=O)CC=Cc1ccc2c(c1)OCO2. The number of halogens is 3. The number of carbonyl (C=O) groups is 1. The first kappa shape index (κ1) is 23.7. The average Bonchev–Trinajstić information content (AvgIpc) is 3.36. The van der Waals surface area contributed by atoms with Gasteiger partial charge < -0.3 is 14.6 Å². The van der Waals surface area contributed by atoms with Crippen LogP contribution in [0, 0.1) is 0 Å². The van der Waals surface area contributed by atoms with E-state index in [9.17, 15) is 26.4 Å².